The van der Waals surface area contributed by atoms with E-state index in [0.717, 1.165) is 35.6 Å². The Balaban J connectivity index is 1.43. The topological polar surface area (TPSA) is 56.1 Å². The van der Waals surface area contributed by atoms with Gasteiger partial charge in [0.15, 0.2) is 0 Å². The van der Waals surface area contributed by atoms with E-state index in [1.54, 1.807) is 0 Å². The van der Waals surface area contributed by atoms with Gasteiger partial charge in [-0.1, -0.05) is 44.2 Å². The zero-order valence-corrected chi connectivity index (χ0v) is 19.6. The fourth-order valence-electron chi connectivity index (χ4n) is 3.76. The highest BCUT2D eigenvalue weighted by molar-refractivity contribution is 7.12. The number of aryl methyl sites for hydroxylation is 1. The molecule has 0 radical (unpaired) electrons. The molecule has 4 aromatic rings. The number of thiophene rings is 1. The Labute approximate surface area is 193 Å². The largest absolute Gasteiger partial charge is 0.494 e. The lowest BCUT2D eigenvalue weighted by Crippen LogP contribution is -2.28. The fraction of sp³-hybridized carbons (Fsp3) is 0.308. The van der Waals surface area contributed by atoms with Crippen molar-refractivity contribution in [2.24, 2.45) is 0 Å². The number of carbonyl (C=O) groups is 1. The minimum atomic E-state index is -0.207. The number of para-hydroxylation sites is 2. The van der Waals surface area contributed by atoms with E-state index in [2.05, 4.69) is 41.9 Å². The zero-order valence-electron chi connectivity index (χ0n) is 18.7. The Kier molecular flexibility index (Phi) is 6.90. The highest BCUT2D eigenvalue weighted by atomic mass is 32.1. The molecule has 5 nitrogen and oxygen atoms in total. The Morgan fingerprint density at radius 2 is 1.84 bits per heavy atom. The van der Waals surface area contributed by atoms with Crippen molar-refractivity contribution in [1.29, 1.82) is 0 Å². The average molecular weight is 448 g/mol. The number of carbonyl (C=O) groups excluding carboxylic acids is 1. The van der Waals surface area contributed by atoms with Crippen LogP contribution < -0.4 is 10.1 Å². The normalized spacial score (nSPS) is 12.2. The number of nitrogens with one attached hydrogen (secondary N) is 1. The van der Waals surface area contributed by atoms with Crippen LogP contribution in [-0.2, 0) is 6.54 Å². The molecule has 1 atom stereocenters. The van der Waals surface area contributed by atoms with E-state index < -0.39 is 0 Å². The molecule has 4 rings (SSSR count). The lowest BCUT2D eigenvalue weighted by atomic mass is 10.0. The Morgan fingerprint density at radius 1 is 1.06 bits per heavy atom. The number of imidazole rings is 1. The molecule has 0 saturated heterocycles. The summed E-state index contributed by atoms with van der Waals surface area (Å²) in [5.41, 5.74) is 3.32. The summed E-state index contributed by atoms with van der Waals surface area (Å²) in [6, 6.07) is 19.9. The van der Waals surface area contributed by atoms with Crippen LogP contribution in [-0.4, -0.2) is 22.1 Å². The van der Waals surface area contributed by atoms with Crippen LogP contribution in [0.5, 0.6) is 5.75 Å². The predicted molar refractivity (Wildman–Crippen MR) is 131 cm³/mol. The molecule has 0 bridgehead atoms. The maximum absolute atomic E-state index is 12.5. The number of nitrogens with zero attached hydrogens (tertiary/aromatic N) is 2. The molecular weight excluding hydrogens is 418 g/mol. The van der Waals surface area contributed by atoms with Gasteiger partial charge >= 0.3 is 0 Å². The molecule has 1 amide bonds. The van der Waals surface area contributed by atoms with E-state index in [4.69, 9.17) is 9.72 Å². The predicted octanol–water partition coefficient (Wildman–Crippen LogP) is 6.18. The number of benzene rings is 2. The standard InChI is InChI=1S/C26H29N3O2S/c1-18(2)20-11-13-21(14-12-20)31-16-7-15-29-23-9-5-4-8-22(23)28-25(29)19(3)27-26(30)24-10-6-17-32-24/h4-6,8-14,17-19H,7,15-16H2,1-3H3,(H,27,30). The van der Waals surface area contributed by atoms with E-state index >= 15 is 0 Å². The molecule has 2 aromatic carbocycles. The van der Waals surface area contributed by atoms with Gasteiger partial charge in [-0.15, -0.1) is 11.3 Å². The van der Waals surface area contributed by atoms with E-state index in [0.29, 0.717) is 17.4 Å². The molecule has 0 aliphatic heterocycles. The second kappa shape index (κ2) is 10.0. The van der Waals surface area contributed by atoms with Crippen molar-refractivity contribution >= 4 is 28.3 Å². The molecule has 166 valence electrons. The molecule has 0 saturated carbocycles. The van der Waals surface area contributed by atoms with Crippen molar-refractivity contribution in [3.8, 4) is 5.75 Å². The van der Waals surface area contributed by atoms with Crippen LogP contribution in [0.3, 0.4) is 0 Å². The number of ether oxygens (including phenoxy) is 1. The van der Waals surface area contributed by atoms with Crippen molar-refractivity contribution in [2.45, 2.75) is 45.7 Å². The van der Waals surface area contributed by atoms with Gasteiger partial charge in [-0.05, 0) is 60.5 Å². The lowest BCUT2D eigenvalue weighted by molar-refractivity contribution is 0.0941. The summed E-state index contributed by atoms with van der Waals surface area (Å²) < 4.78 is 8.16. The first-order chi connectivity index (χ1) is 15.5. The maximum atomic E-state index is 12.5. The molecule has 1 N–H and O–H groups in total. The molecule has 32 heavy (non-hydrogen) atoms. The fourth-order valence-corrected chi connectivity index (χ4v) is 4.39. The Bertz CT molecular complexity index is 1160. The van der Waals surface area contributed by atoms with Gasteiger partial charge < -0.3 is 14.6 Å². The molecule has 2 heterocycles. The van der Waals surface area contributed by atoms with Gasteiger partial charge in [0, 0.05) is 6.54 Å². The molecule has 6 heteroatoms. The highest BCUT2D eigenvalue weighted by Crippen LogP contribution is 2.23. The van der Waals surface area contributed by atoms with Gasteiger partial charge in [0.05, 0.1) is 28.6 Å². The van der Waals surface area contributed by atoms with Gasteiger partial charge in [-0.2, -0.15) is 0 Å². The molecule has 0 spiro atoms. The third-order valence-electron chi connectivity index (χ3n) is 5.51. The molecule has 0 fully saturated rings. The molecule has 0 aliphatic carbocycles. The van der Waals surface area contributed by atoms with Gasteiger partial charge in [0.1, 0.15) is 11.6 Å². The van der Waals surface area contributed by atoms with Crippen LogP contribution in [0.1, 0.15) is 60.2 Å². The monoisotopic (exact) mass is 447 g/mol. The first kappa shape index (κ1) is 22.1. The summed E-state index contributed by atoms with van der Waals surface area (Å²) in [5.74, 6) is 2.19. The molecule has 1 unspecified atom stereocenters. The SMILES string of the molecule is CC(C)c1ccc(OCCCn2c(C(C)NC(=O)c3cccs3)nc3ccccc32)cc1. The number of hydrogen-bond donors (Lipinski definition) is 1. The minimum absolute atomic E-state index is 0.0701. The van der Waals surface area contributed by atoms with Crippen molar-refractivity contribution in [2.75, 3.05) is 6.61 Å². The van der Waals surface area contributed by atoms with Crippen LogP contribution in [0, 0.1) is 0 Å². The van der Waals surface area contributed by atoms with Crippen LogP contribution >= 0.6 is 11.3 Å². The summed E-state index contributed by atoms with van der Waals surface area (Å²) in [6.45, 7) is 7.73. The zero-order chi connectivity index (χ0) is 22.5. The highest BCUT2D eigenvalue weighted by Gasteiger charge is 2.19. The van der Waals surface area contributed by atoms with Crippen LogP contribution in [0.2, 0.25) is 0 Å². The van der Waals surface area contributed by atoms with Crippen molar-refractivity contribution in [3.05, 3.63) is 82.3 Å². The maximum Gasteiger partial charge on any atom is 0.261 e. The van der Waals surface area contributed by atoms with Gasteiger partial charge in [-0.25, -0.2) is 4.98 Å². The van der Waals surface area contributed by atoms with Crippen molar-refractivity contribution in [1.82, 2.24) is 14.9 Å². The number of rotatable bonds is 9. The lowest BCUT2D eigenvalue weighted by Gasteiger charge is -2.16. The molecule has 2 aromatic heterocycles. The third-order valence-corrected chi connectivity index (χ3v) is 6.37. The van der Waals surface area contributed by atoms with Crippen LogP contribution in [0.4, 0.5) is 0 Å². The minimum Gasteiger partial charge on any atom is -0.494 e. The number of amides is 1. The summed E-state index contributed by atoms with van der Waals surface area (Å²) in [6.07, 6.45) is 0.838. The van der Waals surface area contributed by atoms with E-state index in [-0.39, 0.29) is 11.9 Å². The van der Waals surface area contributed by atoms with Crippen LogP contribution in [0.15, 0.2) is 66.0 Å². The summed E-state index contributed by atoms with van der Waals surface area (Å²) >= 11 is 1.44. The summed E-state index contributed by atoms with van der Waals surface area (Å²) in [4.78, 5) is 18.1. The molecular formula is C26H29N3O2S. The quantitative estimate of drug-likeness (QED) is 0.312. The second-order valence-corrected chi connectivity index (χ2v) is 9.16. The Morgan fingerprint density at radius 3 is 2.56 bits per heavy atom. The first-order valence-electron chi connectivity index (χ1n) is 11.0. The Hall–Kier alpha value is -3.12. The number of hydrogen-bond acceptors (Lipinski definition) is 4. The van der Waals surface area contributed by atoms with Crippen molar-refractivity contribution < 1.29 is 9.53 Å². The van der Waals surface area contributed by atoms with Gasteiger partial charge in [0.25, 0.3) is 5.91 Å². The van der Waals surface area contributed by atoms with Gasteiger partial charge in [0.2, 0.25) is 0 Å². The van der Waals surface area contributed by atoms with E-state index in [9.17, 15) is 4.79 Å². The number of fused-ring (bicyclic) bond motifs is 1. The average Bonchev–Trinajstić information content (AvgIpc) is 3.45. The molecule has 0 aliphatic rings. The number of aromatic nitrogens is 2. The van der Waals surface area contributed by atoms with Crippen LogP contribution in [0.25, 0.3) is 11.0 Å². The first-order valence-corrected chi connectivity index (χ1v) is 11.9. The van der Waals surface area contributed by atoms with E-state index in [1.165, 1.54) is 16.9 Å². The summed E-state index contributed by atoms with van der Waals surface area (Å²) in [5, 5.41) is 5.00. The second-order valence-electron chi connectivity index (χ2n) is 8.21. The summed E-state index contributed by atoms with van der Waals surface area (Å²) in [7, 11) is 0. The third kappa shape index (κ3) is 5.02. The van der Waals surface area contributed by atoms with Gasteiger partial charge in [-0.3, -0.25) is 4.79 Å². The van der Waals surface area contributed by atoms with Crippen molar-refractivity contribution in [3.63, 3.8) is 0 Å². The van der Waals surface area contributed by atoms with E-state index in [1.807, 2.05) is 54.8 Å². The smallest absolute Gasteiger partial charge is 0.261 e.